The van der Waals surface area contributed by atoms with Crippen LogP contribution in [0.15, 0.2) is 35.3 Å². The fourth-order valence-corrected chi connectivity index (χ4v) is 2.45. The van der Waals surface area contributed by atoms with E-state index in [0.29, 0.717) is 17.3 Å². The van der Waals surface area contributed by atoms with E-state index in [9.17, 15) is 4.79 Å². The van der Waals surface area contributed by atoms with Gasteiger partial charge in [0.15, 0.2) is 5.69 Å². The van der Waals surface area contributed by atoms with E-state index in [1.807, 2.05) is 18.2 Å². The molecule has 1 heterocycles. The van der Waals surface area contributed by atoms with Gasteiger partial charge in [-0.25, -0.2) is 9.48 Å². The van der Waals surface area contributed by atoms with Crippen LogP contribution in [-0.2, 0) is 11.3 Å². The summed E-state index contributed by atoms with van der Waals surface area (Å²) in [7, 11) is 0. The maximum atomic E-state index is 11.8. The highest BCUT2D eigenvalue weighted by Gasteiger charge is 2.18. The van der Waals surface area contributed by atoms with Crippen molar-refractivity contribution in [2.24, 2.45) is 0 Å². The number of nitrogens with zero attached hydrogens (tertiary/aromatic N) is 3. The summed E-state index contributed by atoms with van der Waals surface area (Å²) in [6.07, 6.45) is 1.50. The molecule has 0 N–H and O–H groups in total. The Morgan fingerprint density at radius 3 is 3.00 bits per heavy atom. The maximum Gasteiger partial charge on any atom is 0.361 e. The molecule has 0 radical (unpaired) electrons. The Morgan fingerprint density at radius 1 is 1.57 bits per heavy atom. The van der Waals surface area contributed by atoms with Crippen LogP contribution in [0, 0.1) is 6.92 Å². The Balaban J connectivity index is 2.20. The molecule has 0 bridgehead atoms. The van der Waals surface area contributed by atoms with Gasteiger partial charge in [0.05, 0.1) is 12.2 Å². The summed E-state index contributed by atoms with van der Waals surface area (Å²) in [6.45, 7) is 5.82. The lowest BCUT2D eigenvalue weighted by Crippen LogP contribution is -2.09. The number of carbonyl (C=O) groups is 1. The molecule has 7 heteroatoms. The second kappa shape index (κ2) is 6.87. The summed E-state index contributed by atoms with van der Waals surface area (Å²) in [6, 6.07) is 5.60. The third-order valence-corrected chi connectivity index (χ3v) is 3.69. The third kappa shape index (κ3) is 3.71. The molecule has 0 saturated carbocycles. The summed E-state index contributed by atoms with van der Waals surface area (Å²) in [4.78, 5) is 11.8. The molecule has 1 aromatic carbocycles. The van der Waals surface area contributed by atoms with E-state index >= 15 is 0 Å². The summed E-state index contributed by atoms with van der Waals surface area (Å²) in [5.41, 5.74) is 1.71. The number of halogens is 2. The fourth-order valence-electron chi connectivity index (χ4n) is 1.71. The average Bonchev–Trinajstić information content (AvgIpc) is 2.81. The van der Waals surface area contributed by atoms with E-state index < -0.39 is 5.97 Å². The van der Waals surface area contributed by atoms with Gasteiger partial charge in [-0.2, -0.15) is 0 Å². The van der Waals surface area contributed by atoms with Crippen LogP contribution in [0.2, 0.25) is 5.02 Å². The highest BCUT2D eigenvalue weighted by Crippen LogP contribution is 2.22. The number of aromatic nitrogens is 3. The van der Waals surface area contributed by atoms with Gasteiger partial charge in [-0.3, -0.25) is 0 Å². The van der Waals surface area contributed by atoms with Crippen LogP contribution < -0.4 is 0 Å². The van der Waals surface area contributed by atoms with E-state index in [2.05, 4.69) is 32.8 Å². The molecule has 0 aliphatic carbocycles. The Morgan fingerprint density at radius 2 is 2.33 bits per heavy atom. The number of ether oxygens (including phenoxy) is 1. The van der Waals surface area contributed by atoms with E-state index in [-0.39, 0.29) is 12.3 Å². The SMILES string of the molecule is C=CCOC(=O)c1nnn(Cc2ccc(Br)cc2Cl)c1C. The van der Waals surface area contributed by atoms with E-state index in [1.165, 1.54) is 6.08 Å². The van der Waals surface area contributed by atoms with Gasteiger partial charge in [0.25, 0.3) is 0 Å². The first kappa shape index (κ1) is 15.7. The molecule has 5 nitrogen and oxygen atoms in total. The van der Waals surface area contributed by atoms with Gasteiger partial charge in [0, 0.05) is 9.50 Å². The number of benzene rings is 1. The molecule has 0 aliphatic heterocycles. The third-order valence-electron chi connectivity index (χ3n) is 2.84. The molecule has 2 aromatic rings. The number of hydrogen-bond donors (Lipinski definition) is 0. The Kier molecular flexibility index (Phi) is 5.14. The van der Waals surface area contributed by atoms with Crippen LogP contribution in [0.5, 0.6) is 0 Å². The van der Waals surface area contributed by atoms with E-state index in [0.717, 1.165) is 10.0 Å². The van der Waals surface area contributed by atoms with Gasteiger partial charge < -0.3 is 4.74 Å². The molecule has 21 heavy (non-hydrogen) atoms. The first-order valence-corrected chi connectivity index (χ1v) is 7.32. The van der Waals surface area contributed by atoms with Crippen molar-refractivity contribution in [1.82, 2.24) is 15.0 Å². The van der Waals surface area contributed by atoms with Gasteiger partial charge in [-0.05, 0) is 24.6 Å². The molecule has 0 spiro atoms. The van der Waals surface area contributed by atoms with Gasteiger partial charge in [0.1, 0.15) is 6.61 Å². The molecular weight excluding hydrogens is 358 g/mol. The first-order valence-electron chi connectivity index (χ1n) is 6.15. The number of carbonyl (C=O) groups excluding carboxylic acids is 1. The lowest BCUT2D eigenvalue weighted by molar-refractivity contribution is 0.0542. The smallest absolute Gasteiger partial charge is 0.361 e. The van der Waals surface area contributed by atoms with Crippen LogP contribution >= 0.6 is 27.5 Å². The topological polar surface area (TPSA) is 57.0 Å². The minimum absolute atomic E-state index is 0.143. The van der Waals surface area contributed by atoms with Crippen molar-refractivity contribution in [3.05, 3.63) is 57.3 Å². The highest BCUT2D eigenvalue weighted by atomic mass is 79.9. The zero-order chi connectivity index (χ0) is 15.4. The molecule has 0 saturated heterocycles. The molecule has 0 fully saturated rings. The lowest BCUT2D eigenvalue weighted by Gasteiger charge is -2.06. The molecule has 0 aliphatic rings. The van der Waals surface area contributed by atoms with Crippen molar-refractivity contribution in [3.63, 3.8) is 0 Å². The van der Waals surface area contributed by atoms with Crippen molar-refractivity contribution in [1.29, 1.82) is 0 Å². The summed E-state index contributed by atoms with van der Waals surface area (Å²) in [5, 5.41) is 8.46. The standard InChI is InChI=1S/C14H13BrClN3O2/c1-3-6-21-14(20)13-9(2)19(18-17-13)8-10-4-5-11(15)7-12(10)16/h3-5,7H,1,6,8H2,2H3. The van der Waals surface area contributed by atoms with Crippen molar-refractivity contribution >= 4 is 33.5 Å². The molecule has 2 rings (SSSR count). The van der Waals surface area contributed by atoms with Crippen molar-refractivity contribution < 1.29 is 9.53 Å². The van der Waals surface area contributed by atoms with Crippen LogP contribution in [0.25, 0.3) is 0 Å². The highest BCUT2D eigenvalue weighted by molar-refractivity contribution is 9.10. The van der Waals surface area contributed by atoms with Crippen LogP contribution in [0.4, 0.5) is 0 Å². The van der Waals surface area contributed by atoms with E-state index in [4.69, 9.17) is 16.3 Å². The lowest BCUT2D eigenvalue weighted by atomic mass is 10.2. The summed E-state index contributed by atoms with van der Waals surface area (Å²) in [5.74, 6) is -0.513. The number of hydrogen-bond acceptors (Lipinski definition) is 4. The quantitative estimate of drug-likeness (QED) is 0.598. The second-order valence-corrected chi connectivity index (χ2v) is 5.63. The number of esters is 1. The minimum atomic E-state index is -0.513. The second-order valence-electron chi connectivity index (χ2n) is 4.30. The van der Waals surface area contributed by atoms with Crippen LogP contribution in [0.3, 0.4) is 0 Å². The monoisotopic (exact) mass is 369 g/mol. The van der Waals surface area contributed by atoms with Crippen molar-refractivity contribution in [3.8, 4) is 0 Å². The van der Waals surface area contributed by atoms with Gasteiger partial charge in [-0.15, -0.1) is 5.10 Å². The molecular formula is C14H13BrClN3O2. The van der Waals surface area contributed by atoms with Gasteiger partial charge in [-0.1, -0.05) is 51.5 Å². The Bertz CT molecular complexity index is 685. The van der Waals surface area contributed by atoms with Gasteiger partial charge >= 0.3 is 5.97 Å². The molecule has 0 atom stereocenters. The fraction of sp³-hybridized carbons (Fsp3) is 0.214. The van der Waals surface area contributed by atoms with Crippen molar-refractivity contribution in [2.45, 2.75) is 13.5 Å². The van der Waals surface area contributed by atoms with Crippen LogP contribution in [-0.4, -0.2) is 27.6 Å². The molecule has 0 unspecified atom stereocenters. The minimum Gasteiger partial charge on any atom is -0.457 e. The Hall–Kier alpha value is -1.66. The predicted molar refractivity (Wildman–Crippen MR) is 83.5 cm³/mol. The van der Waals surface area contributed by atoms with Gasteiger partial charge in [0.2, 0.25) is 0 Å². The molecule has 1 aromatic heterocycles. The largest absolute Gasteiger partial charge is 0.457 e. The Labute approximate surface area is 135 Å². The van der Waals surface area contributed by atoms with Crippen molar-refractivity contribution in [2.75, 3.05) is 6.61 Å². The summed E-state index contributed by atoms with van der Waals surface area (Å²) >= 11 is 9.53. The van der Waals surface area contributed by atoms with E-state index in [1.54, 1.807) is 11.6 Å². The average molecular weight is 371 g/mol. The molecule has 110 valence electrons. The predicted octanol–water partition coefficient (Wildman–Crippen LogP) is 3.39. The normalized spacial score (nSPS) is 10.4. The summed E-state index contributed by atoms with van der Waals surface area (Å²) < 4.78 is 7.47. The molecule has 0 amide bonds. The number of rotatable bonds is 5. The maximum absolute atomic E-state index is 11.8. The first-order chi connectivity index (χ1) is 10.0. The zero-order valence-corrected chi connectivity index (χ0v) is 13.7. The van der Waals surface area contributed by atoms with Crippen LogP contribution in [0.1, 0.15) is 21.7 Å². The zero-order valence-electron chi connectivity index (χ0n) is 11.3.